The first-order valence-corrected chi connectivity index (χ1v) is 6.62. The van der Waals surface area contributed by atoms with Crippen molar-refractivity contribution in [3.05, 3.63) is 35.4 Å². The van der Waals surface area contributed by atoms with E-state index in [2.05, 4.69) is 5.32 Å². The van der Waals surface area contributed by atoms with E-state index in [9.17, 15) is 9.90 Å². The molecule has 0 spiro atoms. The van der Waals surface area contributed by atoms with E-state index in [1.165, 1.54) is 0 Å². The minimum absolute atomic E-state index is 0.287. The van der Waals surface area contributed by atoms with Gasteiger partial charge in [0.15, 0.2) is 0 Å². The monoisotopic (exact) mass is 263 g/mol. The summed E-state index contributed by atoms with van der Waals surface area (Å²) in [6, 6.07) is 7.50. The lowest BCUT2D eigenvalue weighted by Crippen LogP contribution is -2.44. The van der Waals surface area contributed by atoms with Gasteiger partial charge in [-0.3, -0.25) is 0 Å². The van der Waals surface area contributed by atoms with Gasteiger partial charge in [0.05, 0.1) is 12.1 Å². The number of aliphatic hydroxyl groups excluding tert-OH is 1. The summed E-state index contributed by atoms with van der Waals surface area (Å²) >= 11 is 0. The summed E-state index contributed by atoms with van der Waals surface area (Å²) in [7, 11) is 0. The molecule has 1 aromatic rings. The summed E-state index contributed by atoms with van der Waals surface area (Å²) in [4.78, 5) is 11.7. The van der Waals surface area contributed by atoms with Crippen molar-refractivity contribution in [2.24, 2.45) is 0 Å². The van der Waals surface area contributed by atoms with E-state index in [-0.39, 0.29) is 6.04 Å². The molecular weight excluding hydrogens is 242 g/mol. The molecule has 0 aliphatic heterocycles. The quantitative estimate of drug-likeness (QED) is 0.818. The van der Waals surface area contributed by atoms with Crippen LogP contribution in [-0.2, 0) is 11.2 Å². The summed E-state index contributed by atoms with van der Waals surface area (Å²) < 4.78 is 5.22. The number of aliphatic hydroxyl groups is 1. The molecular formula is C15H21NO3. The zero-order valence-electron chi connectivity index (χ0n) is 11.6. The summed E-state index contributed by atoms with van der Waals surface area (Å²) in [5.41, 5.74) is 1.52. The van der Waals surface area contributed by atoms with Gasteiger partial charge in [-0.2, -0.15) is 0 Å². The van der Waals surface area contributed by atoms with Crippen LogP contribution in [0.1, 0.15) is 44.4 Å². The van der Waals surface area contributed by atoms with Gasteiger partial charge in [-0.25, -0.2) is 4.79 Å². The fourth-order valence-electron chi connectivity index (χ4n) is 2.35. The van der Waals surface area contributed by atoms with Gasteiger partial charge in [0.2, 0.25) is 0 Å². The minimum atomic E-state index is -0.669. The van der Waals surface area contributed by atoms with E-state index in [0.717, 1.165) is 24.0 Å². The predicted molar refractivity (Wildman–Crippen MR) is 72.9 cm³/mol. The molecule has 4 nitrogen and oxygen atoms in total. The SMILES string of the molecule is CC(C)(C)OC(=O)N[C@H]1CCc2ccccc2[C@@H]1O. The first-order valence-electron chi connectivity index (χ1n) is 6.62. The van der Waals surface area contributed by atoms with Crippen molar-refractivity contribution in [3.8, 4) is 0 Å². The largest absolute Gasteiger partial charge is 0.444 e. The molecule has 0 radical (unpaired) electrons. The van der Waals surface area contributed by atoms with Gasteiger partial charge < -0.3 is 15.2 Å². The van der Waals surface area contributed by atoms with Crippen LogP contribution in [0.5, 0.6) is 0 Å². The molecule has 1 aliphatic rings. The Balaban J connectivity index is 2.02. The zero-order valence-corrected chi connectivity index (χ0v) is 11.6. The van der Waals surface area contributed by atoms with E-state index in [0.29, 0.717) is 0 Å². The van der Waals surface area contributed by atoms with Crippen molar-refractivity contribution >= 4 is 6.09 Å². The number of ether oxygens (including phenoxy) is 1. The number of fused-ring (bicyclic) bond motifs is 1. The Kier molecular flexibility index (Phi) is 3.80. The van der Waals surface area contributed by atoms with E-state index in [1.807, 2.05) is 45.0 Å². The molecule has 1 amide bonds. The van der Waals surface area contributed by atoms with Crippen LogP contribution in [-0.4, -0.2) is 22.8 Å². The first-order chi connectivity index (χ1) is 8.87. The van der Waals surface area contributed by atoms with E-state index in [1.54, 1.807) is 0 Å². The van der Waals surface area contributed by atoms with Gasteiger partial charge in [-0.15, -0.1) is 0 Å². The van der Waals surface area contributed by atoms with Crippen LogP contribution in [0.15, 0.2) is 24.3 Å². The van der Waals surface area contributed by atoms with Crippen LogP contribution in [0.25, 0.3) is 0 Å². The number of carbonyl (C=O) groups is 1. The smallest absolute Gasteiger partial charge is 0.407 e. The maximum atomic E-state index is 11.7. The van der Waals surface area contributed by atoms with Gasteiger partial charge in [-0.1, -0.05) is 24.3 Å². The molecule has 0 heterocycles. The Labute approximate surface area is 113 Å². The van der Waals surface area contributed by atoms with Crippen molar-refractivity contribution < 1.29 is 14.6 Å². The van der Waals surface area contributed by atoms with Crippen molar-refractivity contribution in [3.63, 3.8) is 0 Å². The maximum absolute atomic E-state index is 11.7. The molecule has 1 aliphatic carbocycles. The van der Waals surface area contributed by atoms with Gasteiger partial charge in [0, 0.05) is 0 Å². The lowest BCUT2D eigenvalue weighted by Gasteiger charge is -2.31. The van der Waals surface area contributed by atoms with Crippen LogP contribution in [0.2, 0.25) is 0 Å². The number of hydrogen-bond donors (Lipinski definition) is 2. The Bertz CT molecular complexity index is 465. The summed E-state index contributed by atoms with van der Waals surface area (Å²) in [5, 5.41) is 13.1. The molecule has 0 aromatic heterocycles. The topological polar surface area (TPSA) is 58.6 Å². The molecule has 2 rings (SSSR count). The van der Waals surface area contributed by atoms with Crippen LogP contribution in [0.3, 0.4) is 0 Å². The number of aryl methyl sites for hydroxylation is 1. The third kappa shape index (κ3) is 3.47. The molecule has 1 aromatic carbocycles. The highest BCUT2D eigenvalue weighted by Crippen LogP contribution is 2.29. The van der Waals surface area contributed by atoms with E-state index < -0.39 is 17.8 Å². The van der Waals surface area contributed by atoms with Gasteiger partial charge in [0.1, 0.15) is 5.60 Å². The second-order valence-electron chi connectivity index (χ2n) is 5.94. The summed E-state index contributed by atoms with van der Waals surface area (Å²) in [6.45, 7) is 5.46. The van der Waals surface area contributed by atoms with E-state index >= 15 is 0 Å². The highest BCUT2D eigenvalue weighted by molar-refractivity contribution is 5.68. The van der Waals surface area contributed by atoms with Crippen LogP contribution in [0, 0.1) is 0 Å². The van der Waals surface area contributed by atoms with Crippen LogP contribution in [0.4, 0.5) is 4.79 Å². The highest BCUT2D eigenvalue weighted by Gasteiger charge is 2.30. The molecule has 0 unspecified atom stereocenters. The molecule has 4 heteroatoms. The third-order valence-electron chi connectivity index (χ3n) is 3.18. The lowest BCUT2D eigenvalue weighted by molar-refractivity contribution is 0.0401. The van der Waals surface area contributed by atoms with Crippen molar-refractivity contribution in [1.29, 1.82) is 0 Å². The fraction of sp³-hybridized carbons (Fsp3) is 0.533. The number of benzene rings is 1. The molecule has 0 fully saturated rings. The Morgan fingerprint density at radius 2 is 2.05 bits per heavy atom. The number of carbonyl (C=O) groups excluding carboxylic acids is 1. The highest BCUT2D eigenvalue weighted by atomic mass is 16.6. The fourth-order valence-corrected chi connectivity index (χ4v) is 2.35. The zero-order chi connectivity index (χ0) is 14.0. The number of alkyl carbamates (subject to hydrolysis) is 1. The average Bonchev–Trinajstić information content (AvgIpc) is 2.31. The molecule has 0 bridgehead atoms. The van der Waals surface area contributed by atoms with Crippen molar-refractivity contribution in [2.75, 3.05) is 0 Å². The number of hydrogen-bond acceptors (Lipinski definition) is 3. The third-order valence-corrected chi connectivity index (χ3v) is 3.18. The molecule has 2 atom stereocenters. The number of rotatable bonds is 1. The Morgan fingerprint density at radius 3 is 2.74 bits per heavy atom. The van der Waals surface area contributed by atoms with Crippen LogP contribution < -0.4 is 5.32 Å². The normalized spacial score (nSPS) is 22.5. The molecule has 104 valence electrons. The van der Waals surface area contributed by atoms with Gasteiger partial charge in [-0.05, 0) is 44.7 Å². The summed E-state index contributed by atoms with van der Waals surface area (Å²) in [6.07, 6.45) is 0.430. The van der Waals surface area contributed by atoms with Crippen molar-refractivity contribution in [1.82, 2.24) is 5.32 Å². The van der Waals surface area contributed by atoms with E-state index in [4.69, 9.17) is 4.74 Å². The van der Waals surface area contributed by atoms with Crippen LogP contribution >= 0.6 is 0 Å². The Morgan fingerprint density at radius 1 is 1.37 bits per heavy atom. The molecule has 19 heavy (non-hydrogen) atoms. The minimum Gasteiger partial charge on any atom is -0.444 e. The standard InChI is InChI=1S/C15H21NO3/c1-15(2,3)19-14(18)16-12-9-8-10-6-4-5-7-11(10)13(12)17/h4-7,12-13,17H,8-9H2,1-3H3,(H,16,18)/t12-,13-/m0/s1. The average molecular weight is 263 g/mol. The lowest BCUT2D eigenvalue weighted by atomic mass is 9.86. The molecule has 0 saturated heterocycles. The first kappa shape index (κ1) is 13.9. The second kappa shape index (κ2) is 5.21. The van der Waals surface area contributed by atoms with Crippen molar-refractivity contribution in [2.45, 2.75) is 51.4 Å². The Hall–Kier alpha value is -1.55. The van der Waals surface area contributed by atoms with Gasteiger partial charge >= 0.3 is 6.09 Å². The summed E-state index contributed by atoms with van der Waals surface area (Å²) in [5.74, 6) is 0. The predicted octanol–water partition coefficient (Wildman–Crippen LogP) is 2.56. The number of nitrogens with one attached hydrogen (secondary N) is 1. The second-order valence-corrected chi connectivity index (χ2v) is 5.94. The van der Waals surface area contributed by atoms with Gasteiger partial charge in [0.25, 0.3) is 0 Å². The number of amides is 1. The molecule has 0 saturated carbocycles. The molecule has 2 N–H and O–H groups in total. The maximum Gasteiger partial charge on any atom is 0.407 e.